The molecule has 0 spiro atoms. The number of carbonyl (C=O) groups is 1. The molecule has 28 heavy (non-hydrogen) atoms. The molecule has 150 valence electrons. The van der Waals surface area contributed by atoms with Crippen molar-refractivity contribution in [3.63, 3.8) is 0 Å². The number of hydrogen-bond donors (Lipinski definition) is 0. The third-order valence-electron chi connectivity index (χ3n) is 5.34. The molecule has 0 unspecified atom stereocenters. The van der Waals surface area contributed by atoms with Gasteiger partial charge in [0.05, 0.1) is 26.7 Å². The fourth-order valence-corrected chi connectivity index (χ4v) is 3.82. The number of benzene rings is 1. The van der Waals surface area contributed by atoms with Crippen LogP contribution in [0.15, 0.2) is 29.1 Å². The van der Waals surface area contributed by atoms with Crippen molar-refractivity contribution in [2.24, 2.45) is 0 Å². The first-order valence-electron chi connectivity index (χ1n) is 9.36. The van der Waals surface area contributed by atoms with E-state index in [4.69, 9.17) is 4.74 Å². The summed E-state index contributed by atoms with van der Waals surface area (Å²) in [4.78, 5) is 26.6. The summed E-state index contributed by atoms with van der Waals surface area (Å²) in [5.74, 6) is -1.92. The van der Waals surface area contributed by atoms with Crippen LogP contribution in [-0.4, -0.2) is 51.3 Å². The third kappa shape index (κ3) is 3.41. The predicted octanol–water partition coefficient (Wildman–Crippen LogP) is 1.65. The summed E-state index contributed by atoms with van der Waals surface area (Å²) < 4.78 is 34.1. The lowest BCUT2D eigenvalue weighted by molar-refractivity contribution is -0.169. The largest absolute Gasteiger partial charge is 0.497 e. The van der Waals surface area contributed by atoms with E-state index in [2.05, 4.69) is 5.10 Å². The van der Waals surface area contributed by atoms with E-state index < -0.39 is 31.0 Å². The van der Waals surface area contributed by atoms with Crippen molar-refractivity contribution in [3.05, 3.63) is 46.1 Å². The minimum atomic E-state index is -2.82. The van der Waals surface area contributed by atoms with Crippen LogP contribution in [0.3, 0.4) is 0 Å². The molecule has 7 nitrogen and oxygen atoms in total. The van der Waals surface area contributed by atoms with Crippen LogP contribution in [0.1, 0.15) is 30.3 Å². The summed E-state index contributed by atoms with van der Waals surface area (Å²) in [6, 6.07) is 6.83. The number of aromatic nitrogens is 3. The molecule has 1 saturated heterocycles. The molecule has 0 bridgehead atoms. The molecular weight excluding hydrogens is 370 g/mol. The standard InChI is InChI=1S/C19H22F2N4O3/c1-28-14-7-5-13(6-8-14)9-10-24-18(27)25-15(3-2-4-16(25)22-24)17(26)23-11-19(20,21)12-23/h5-8,15H,2-4,9-12H2,1H3/t15-/m0/s1. The molecule has 1 atom stereocenters. The molecule has 0 radical (unpaired) electrons. The second-order valence-electron chi connectivity index (χ2n) is 7.35. The Bertz CT molecular complexity index is 928. The number of likely N-dealkylation sites (tertiary alicyclic amines) is 1. The van der Waals surface area contributed by atoms with Crippen molar-refractivity contribution >= 4 is 5.91 Å². The monoisotopic (exact) mass is 392 g/mol. The van der Waals surface area contributed by atoms with E-state index in [9.17, 15) is 18.4 Å². The smallest absolute Gasteiger partial charge is 0.346 e. The average Bonchev–Trinajstić information content (AvgIpc) is 3.00. The van der Waals surface area contributed by atoms with Gasteiger partial charge in [0.15, 0.2) is 0 Å². The van der Waals surface area contributed by atoms with E-state index in [-0.39, 0.29) is 5.69 Å². The van der Waals surface area contributed by atoms with Crippen molar-refractivity contribution in [2.45, 2.75) is 44.2 Å². The van der Waals surface area contributed by atoms with Gasteiger partial charge in [-0.1, -0.05) is 12.1 Å². The Morgan fingerprint density at radius 2 is 2.00 bits per heavy atom. The summed E-state index contributed by atoms with van der Waals surface area (Å²) in [6.07, 6.45) is 2.38. The van der Waals surface area contributed by atoms with Gasteiger partial charge in [0.1, 0.15) is 17.6 Å². The number of fused-ring (bicyclic) bond motifs is 1. The van der Waals surface area contributed by atoms with E-state index in [1.807, 2.05) is 24.3 Å². The first kappa shape index (κ1) is 18.6. The lowest BCUT2D eigenvalue weighted by Crippen LogP contribution is -2.60. The molecule has 3 heterocycles. The Balaban J connectivity index is 1.50. The second-order valence-corrected chi connectivity index (χ2v) is 7.35. The van der Waals surface area contributed by atoms with Crippen LogP contribution in [-0.2, 0) is 24.2 Å². The van der Waals surface area contributed by atoms with E-state index in [1.165, 1.54) is 9.25 Å². The van der Waals surface area contributed by atoms with Gasteiger partial charge in [-0.3, -0.25) is 9.36 Å². The summed E-state index contributed by atoms with van der Waals surface area (Å²) >= 11 is 0. The molecule has 4 rings (SSSR count). The minimum Gasteiger partial charge on any atom is -0.497 e. The number of alkyl halides is 2. The van der Waals surface area contributed by atoms with Crippen molar-refractivity contribution in [1.29, 1.82) is 0 Å². The Labute approximate surface area is 160 Å². The van der Waals surface area contributed by atoms with Crippen LogP contribution < -0.4 is 10.4 Å². The number of halogens is 2. The van der Waals surface area contributed by atoms with Crippen LogP contribution in [0.25, 0.3) is 0 Å². The number of rotatable bonds is 5. The lowest BCUT2D eigenvalue weighted by Gasteiger charge is -2.41. The highest BCUT2D eigenvalue weighted by Gasteiger charge is 2.48. The highest BCUT2D eigenvalue weighted by Crippen LogP contribution is 2.31. The third-order valence-corrected chi connectivity index (χ3v) is 5.34. The molecule has 9 heteroatoms. The first-order chi connectivity index (χ1) is 13.4. The summed E-state index contributed by atoms with van der Waals surface area (Å²) in [5, 5.41) is 4.39. The second kappa shape index (κ2) is 7.03. The zero-order valence-corrected chi connectivity index (χ0v) is 15.6. The number of hydrogen-bond acceptors (Lipinski definition) is 4. The molecule has 1 amide bonds. The van der Waals surface area contributed by atoms with Crippen LogP contribution in [0, 0.1) is 0 Å². The number of ether oxygens (including phenoxy) is 1. The van der Waals surface area contributed by atoms with Gasteiger partial charge in [-0.05, 0) is 37.0 Å². The normalized spacial score (nSPS) is 20.4. The molecule has 1 aromatic heterocycles. The van der Waals surface area contributed by atoms with Crippen molar-refractivity contribution in [3.8, 4) is 5.75 Å². The SMILES string of the molecule is COc1ccc(CCn2nc3n(c2=O)[C@H](C(=O)N2CC(F)(F)C2)CCC3)cc1. The van der Waals surface area contributed by atoms with E-state index >= 15 is 0 Å². The molecule has 2 aromatic rings. The van der Waals surface area contributed by atoms with E-state index in [1.54, 1.807) is 7.11 Å². The molecule has 0 N–H and O–H groups in total. The fraction of sp³-hybridized carbons (Fsp3) is 0.526. The zero-order valence-electron chi connectivity index (χ0n) is 15.6. The fourth-order valence-electron chi connectivity index (χ4n) is 3.82. The lowest BCUT2D eigenvalue weighted by atomic mass is 10.0. The first-order valence-corrected chi connectivity index (χ1v) is 9.36. The Morgan fingerprint density at radius 1 is 1.29 bits per heavy atom. The summed E-state index contributed by atoms with van der Waals surface area (Å²) in [7, 11) is 1.60. The van der Waals surface area contributed by atoms with Crippen LogP contribution >= 0.6 is 0 Å². The maximum absolute atomic E-state index is 13.1. The number of aryl methyl sites for hydroxylation is 3. The van der Waals surface area contributed by atoms with Gasteiger partial charge < -0.3 is 9.64 Å². The van der Waals surface area contributed by atoms with Crippen molar-refractivity contribution in [1.82, 2.24) is 19.2 Å². The Hall–Kier alpha value is -2.71. The Kier molecular flexibility index (Phi) is 4.68. The maximum atomic E-state index is 13.1. The van der Waals surface area contributed by atoms with Crippen molar-refractivity contribution < 1.29 is 18.3 Å². The van der Waals surface area contributed by atoms with E-state index in [0.717, 1.165) is 16.2 Å². The molecule has 2 aliphatic heterocycles. The molecule has 1 aromatic carbocycles. The number of nitrogens with zero attached hydrogens (tertiary/aromatic N) is 4. The molecule has 0 aliphatic carbocycles. The van der Waals surface area contributed by atoms with Crippen LogP contribution in [0.2, 0.25) is 0 Å². The highest BCUT2D eigenvalue weighted by atomic mass is 19.3. The van der Waals surface area contributed by atoms with Gasteiger partial charge in [-0.2, -0.15) is 5.10 Å². The minimum absolute atomic E-state index is 0.353. The summed E-state index contributed by atoms with van der Waals surface area (Å²) in [6.45, 7) is -0.760. The number of methoxy groups -OCH3 is 1. The van der Waals surface area contributed by atoms with Crippen LogP contribution in [0.5, 0.6) is 5.75 Å². The zero-order chi connectivity index (χ0) is 19.9. The summed E-state index contributed by atoms with van der Waals surface area (Å²) in [5.41, 5.74) is 0.683. The van der Waals surface area contributed by atoms with Gasteiger partial charge in [0, 0.05) is 6.42 Å². The van der Waals surface area contributed by atoms with E-state index in [0.29, 0.717) is 38.1 Å². The van der Waals surface area contributed by atoms with Gasteiger partial charge >= 0.3 is 5.69 Å². The molecule has 1 fully saturated rings. The average molecular weight is 392 g/mol. The maximum Gasteiger partial charge on any atom is 0.346 e. The molecule has 2 aliphatic rings. The van der Waals surface area contributed by atoms with Gasteiger partial charge in [-0.15, -0.1) is 0 Å². The van der Waals surface area contributed by atoms with Crippen LogP contribution in [0.4, 0.5) is 8.78 Å². The topological polar surface area (TPSA) is 69.4 Å². The van der Waals surface area contributed by atoms with Gasteiger partial charge in [-0.25, -0.2) is 18.3 Å². The van der Waals surface area contributed by atoms with Crippen molar-refractivity contribution in [2.75, 3.05) is 20.2 Å². The Morgan fingerprint density at radius 3 is 2.64 bits per heavy atom. The highest BCUT2D eigenvalue weighted by molar-refractivity contribution is 5.81. The number of amides is 1. The predicted molar refractivity (Wildman–Crippen MR) is 96.7 cm³/mol. The number of carbonyl (C=O) groups excluding carboxylic acids is 1. The van der Waals surface area contributed by atoms with Gasteiger partial charge in [0.2, 0.25) is 5.91 Å². The molecule has 0 saturated carbocycles. The quantitative estimate of drug-likeness (QED) is 0.776. The van der Waals surface area contributed by atoms with Gasteiger partial charge in [0.25, 0.3) is 5.92 Å². The molecular formula is C19H22F2N4O3.